The Labute approximate surface area is 123 Å². The third-order valence-electron chi connectivity index (χ3n) is 4.03. The second-order valence-electron chi connectivity index (χ2n) is 5.59. The maximum absolute atomic E-state index is 5.62. The quantitative estimate of drug-likeness (QED) is 0.782. The normalized spacial score (nSPS) is 16.0. The van der Waals surface area contributed by atoms with Gasteiger partial charge in [0.15, 0.2) is 0 Å². The van der Waals surface area contributed by atoms with Gasteiger partial charge in [-0.2, -0.15) is 0 Å². The van der Waals surface area contributed by atoms with E-state index in [9.17, 15) is 0 Å². The lowest BCUT2D eigenvalue weighted by molar-refractivity contribution is 0.401. The van der Waals surface area contributed by atoms with E-state index in [1.54, 1.807) is 7.11 Å². The number of anilines is 1. The van der Waals surface area contributed by atoms with Gasteiger partial charge >= 0.3 is 0 Å². The molecule has 2 rings (SSSR count). The maximum Gasteiger partial charge on any atom is 0.125 e. The summed E-state index contributed by atoms with van der Waals surface area (Å²) in [4.78, 5) is 2.53. The van der Waals surface area contributed by atoms with Crippen molar-refractivity contribution in [1.29, 1.82) is 0 Å². The molecule has 20 heavy (non-hydrogen) atoms. The van der Waals surface area contributed by atoms with E-state index in [1.165, 1.54) is 24.1 Å². The zero-order valence-electron chi connectivity index (χ0n) is 13.3. The van der Waals surface area contributed by atoms with Gasteiger partial charge in [0, 0.05) is 29.9 Å². The molecule has 1 aliphatic rings. The van der Waals surface area contributed by atoms with E-state index >= 15 is 0 Å². The standard InChI is InChI=1S/C17H28N2O/c1-5-12-18-13(3)17-15(8-7-9-16(17)20-4)19(6-2)14-10-11-14/h7-9,13-14,18H,5-6,10-12H2,1-4H3. The summed E-state index contributed by atoms with van der Waals surface area (Å²) in [6, 6.07) is 7.46. The Hall–Kier alpha value is -1.22. The predicted molar refractivity (Wildman–Crippen MR) is 85.7 cm³/mol. The number of ether oxygens (including phenoxy) is 1. The number of rotatable bonds is 8. The smallest absolute Gasteiger partial charge is 0.125 e. The molecule has 1 fully saturated rings. The summed E-state index contributed by atoms with van der Waals surface area (Å²) in [5.74, 6) is 0.998. The first-order valence-corrected chi connectivity index (χ1v) is 7.89. The van der Waals surface area contributed by atoms with Crippen molar-refractivity contribution in [3.05, 3.63) is 23.8 Å². The molecule has 0 aliphatic heterocycles. The summed E-state index contributed by atoms with van der Waals surface area (Å²) in [7, 11) is 1.77. The fraction of sp³-hybridized carbons (Fsp3) is 0.647. The van der Waals surface area contributed by atoms with Crippen LogP contribution in [0.4, 0.5) is 5.69 Å². The Morgan fingerprint density at radius 1 is 1.35 bits per heavy atom. The summed E-state index contributed by atoms with van der Waals surface area (Å²) in [6.45, 7) is 8.77. The van der Waals surface area contributed by atoms with Gasteiger partial charge in [-0.25, -0.2) is 0 Å². The lowest BCUT2D eigenvalue weighted by Crippen LogP contribution is -2.29. The molecule has 1 aliphatic carbocycles. The lowest BCUT2D eigenvalue weighted by atomic mass is 10.0. The van der Waals surface area contributed by atoms with Crippen molar-refractivity contribution in [1.82, 2.24) is 5.32 Å². The minimum absolute atomic E-state index is 0.314. The van der Waals surface area contributed by atoms with E-state index < -0.39 is 0 Å². The van der Waals surface area contributed by atoms with E-state index in [0.29, 0.717) is 6.04 Å². The number of nitrogens with one attached hydrogen (secondary N) is 1. The van der Waals surface area contributed by atoms with Crippen molar-refractivity contribution in [3.8, 4) is 5.75 Å². The first-order chi connectivity index (χ1) is 9.72. The average Bonchev–Trinajstić information content (AvgIpc) is 3.30. The van der Waals surface area contributed by atoms with Gasteiger partial charge in [-0.3, -0.25) is 0 Å². The highest BCUT2D eigenvalue weighted by molar-refractivity contribution is 5.62. The van der Waals surface area contributed by atoms with Gasteiger partial charge in [0.1, 0.15) is 5.75 Å². The largest absolute Gasteiger partial charge is 0.496 e. The van der Waals surface area contributed by atoms with Crippen molar-refractivity contribution >= 4 is 5.69 Å². The second-order valence-corrected chi connectivity index (χ2v) is 5.59. The third kappa shape index (κ3) is 3.26. The van der Waals surface area contributed by atoms with Gasteiger partial charge in [0.25, 0.3) is 0 Å². The monoisotopic (exact) mass is 276 g/mol. The van der Waals surface area contributed by atoms with Crippen molar-refractivity contribution < 1.29 is 4.74 Å². The van der Waals surface area contributed by atoms with Crippen molar-refractivity contribution in [2.24, 2.45) is 0 Å². The summed E-state index contributed by atoms with van der Waals surface area (Å²) in [5, 5.41) is 3.60. The van der Waals surface area contributed by atoms with Crippen LogP contribution < -0.4 is 15.0 Å². The molecule has 0 saturated heterocycles. The number of benzene rings is 1. The zero-order chi connectivity index (χ0) is 14.5. The highest BCUT2D eigenvalue weighted by atomic mass is 16.5. The molecule has 0 bridgehead atoms. The maximum atomic E-state index is 5.62. The Balaban J connectivity index is 2.34. The molecule has 0 aromatic heterocycles. The summed E-state index contributed by atoms with van der Waals surface area (Å²) < 4.78 is 5.62. The molecule has 3 nitrogen and oxygen atoms in total. The molecular weight excluding hydrogens is 248 g/mol. The van der Waals surface area contributed by atoms with E-state index in [4.69, 9.17) is 4.74 Å². The van der Waals surface area contributed by atoms with Crippen LogP contribution in [-0.4, -0.2) is 26.2 Å². The molecule has 1 aromatic rings. The van der Waals surface area contributed by atoms with Crippen LogP contribution in [0.15, 0.2) is 18.2 Å². The minimum atomic E-state index is 0.314. The molecule has 1 unspecified atom stereocenters. The van der Waals surface area contributed by atoms with Crippen molar-refractivity contribution in [2.45, 2.75) is 52.1 Å². The van der Waals surface area contributed by atoms with Crippen LogP contribution in [0.3, 0.4) is 0 Å². The fourth-order valence-corrected chi connectivity index (χ4v) is 2.87. The molecule has 0 radical (unpaired) electrons. The second kappa shape index (κ2) is 6.98. The molecule has 1 N–H and O–H groups in total. The van der Waals surface area contributed by atoms with Crippen molar-refractivity contribution in [2.75, 3.05) is 25.1 Å². The Bertz CT molecular complexity index is 429. The van der Waals surface area contributed by atoms with Crippen LogP contribution in [0.5, 0.6) is 5.75 Å². The van der Waals surface area contributed by atoms with E-state index in [2.05, 4.69) is 49.2 Å². The first-order valence-electron chi connectivity index (χ1n) is 7.89. The fourth-order valence-electron chi connectivity index (χ4n) is 2.87. The highest BCUT2D eigenvalue weighted by Crippen LogP contribution is 2.39. The van der Waals surface area contributed by atoms with Gasteiger partial charge in [-0.05, 0) is 51.8 Å². The molecule has 1 saturated carbocycles. The first kappa shape index (κ1) is 15.2. The lowest BCUT2D eigenvalue weighted by Gasteiger charge is -2.29. The highest BCUT2D eigenvalue weighted by Gasteiger charge is 2.30. The topological polar surface area (TPSA) is 24.5 Å². The van der Waals surface area contributed by atoms with Gasteiger partial charge in [0.05, 0.1) is 7.11 Å². The molecule has 112 valence electrons. The molecule has 0 amide bonds. The SMILES string of the molecule is CCCNC(C)c1c(OC)cccc1N(CC)C1CC1. The predicted octanol–water partition coefficient (Wildman–Crippen LogP) is 3.74. The summed E-state index contributed by atoms with van der Waals surface area (Å²) >= 11 is 0. The van der Waals surface area contributed by atoms with Crippen LogP contribution in [0.25, 0.3) is 0 Å². The molecule has 1 aromatic carbocycles. The van der Waals surface area contributed by atoms with Gasteiger partial charge in [-0.1, -0.05) is 13.0 Å². The van der Waals surface area contributed by atoms with E-state index in [1.807, 2.05) is 0 Å². The third-order valence-corrected chi connectivity index (χ3v) is 4.03. The minimum Gasteiger partial charge on any atom is -0.496 e. The number of nitrogens with zero attached hydrogens (tertiary/aromatic N) is 1. The molecule has 0 spiro atoms. The van der Waals surface area contributed by atoms with Gasteiger partial charge < -0.3 is 15.0 Å². The van der Waals surface area contributed by atoms with E-state index in [0.717, 1.165) is 31.3 Å². The number of hydrogen-bond donors (Lipinski definition) is 1. The summed E-state index contributed by atoms with van der Waals surface area (Å²) in [6.07, 6.45) is 3.79. The average molecular weight is 276 g/mol. The Kier molecular flexibility index (Phi) is 5.30. The number of hydrogen-bond acceptors (Lipinski definition) is 3. The van der Waals surface area contributed by atoms with Crippen LogP contribution in [0.1, 0.15) is 51.6 Å². The Morgan fingerprint density at radius 3 is 2.65 bits per heavy atom. The zero-order valence-corrected chi connectivity index (χ0v) is 13.3. The Morgan fingerprint density at radius 2 is 2.10 bits per heavy atom. The van der Waals surface area contributed by atoms with Crippen LogP contribution in [-0.2, 0) is 0 Å². The number of methoxy groups -OCH3 is 1. The van der Waals surface area contributed by atoms with Gasteiger partial charge in [0.2, 0.25) is 0 Å². The molecule has 3 heteroatoms. The van der Waals surface area contributed by atoms with E-state index in [-0.39, 0.29) is 0 Å². The molecule has 0 heterocycles. The van der Waals surface area contributed by atoms with Crippen LogP contribution >= 0.6 is 0 Å². The summed E-state index contributed by atoms with van der Waals surface area (Å²) in [5.41, 5.74) is 2.64. The van der Waals surface area contributed by atoms with Gasteiger partial charge in [-0.15, -0.1) is 0 Å². The molecular formula is C17H28N2O. The van der Waals surface area contributed by atoms with Crippen molar-refractivity contribution in [3.63, 3.8) is 0 Å². The van der Waals surface area contributed by atoms with Crippen LogP contribution in [0.2, 0.25) is 0 Å². The van der Waals surface area contributed by atoms with Crippen LogP contribution in [0, 0.1) is 0 Å². The molecule has 1 atom stereocenters.